The molecule has 114 valence electrons. The van der Waals surface area contributed by atoms with Crippen LogP contribution in [0.4, 0.5) is 0 Å². The molecule has 5 nitrogen and oxygen atoms in total. The zero-order valence-corrected chi connectivity index (χ0v) is 13.7. The van der Waals surface area contributed by atoms with Gasteiger partial charge in [-0.1, -0.05) is 6.07 Å². The van der Waals surface area contributed by atoms with Crippen molar-refractivity contribution in [3.63, 3.8) is 0 Å². The number of thiophene rings is 1. The van der Waals surface area contributed by atoms with Gasteiger partial charge >= 0.3 is 0 Å². The molecule has 0 spiro atoms. The Bertz CT molecular complexity index is 709. The van der Waals surface area contributed by atoms with Crippen LogP contribution in [0.5, 0.6) is 11.5 Å². The minimum Gasteiger partial charge on any atom is -0.496 e. The molecule has 0 fully saturated rings. The molecule has 0 atom stereocenters. The van der Waals surface area contributed by atoms with Gasteiger partial charge in [0.25, 0.3) is 0 Å². The van der Waals surface area contributed by atoms with E-state index in [9.17, 15) is 8.42 Å². The van der Waals surface area contributed by atoms with E-state index in [1.54, 1.807) is 6.07 Å². The zero-order chi connectivity index (χ0) is 15.5. The predicted octanol–water partition coefficient (Wildman–Crippen LogP) is 2.55. The van der Waals surface area contributed by atoms with Crippen LogP contribution in [-0.2, 0) is 16.6 Å². The van der Waals surface area contributed by atoms with E-state index in [0.29, 0.717) is 11.5 Å². The predicted molar refractivity (Wildman–Crippen MR) is 82.6 cm³/mol. The zero-order valence-electron chi connectivity index (χ0n) is 12.0. The summed E-state index contributed by atoms with van der Waals surface area (Å²) >= 11 is 1.50. The van der Waals surface area contributed by atoms with E-state index in [2.05, 4.69) is 4.72 Å². The van der Waals surface area contributed by atoms with Crippen LogP contribution in [0, 0.1) is 6.92 Å². The quantitative estimate of drug-likeness (QED) is 0.885. The van der Waals surface area contributed by atoms with Crippen molar-refractivity contribution in [1.29, 1.82) is 0 Å². The van der Waals surface area contributed by atoms with Crippen molar-refractivity contribution in [3.05, 3.63) is 40.1 Å². The molecule has 0 amide bonds. The van der Waals surface area contributed by atoms with Crippen LogP contribution in [0.2, 0.25) is 0 Å². The third-order valence-corrected chi connectivity index (χ3v) is 5.29. The molecule has 2 rings (SSSR count). The van der Waals surface area contributed by atoms with Crippen LogP contribution in [-0.4, -0.2) is 22.6 Å². The van der Waals surface area contributed by atoms with E-state index in [4.69, 9.17) is 9.47 Å². The second kappa shape index (κ2) is 6.46. The van der Waals surface area contributed by atoms with Crippen LogP contribution in [0.25, 0.3) is 0 Å². The number of ether oxygens (including phenoxy) is 2. The van der Waals surface area contributed by atoms with Gasteiger partial charge in [-0.3, -0.25) is 0 Å². The van der Waals surface area contributed by atoms with E-state index >= 15 is 0 Å². The summed E-state index contributed by atoms with van der Waals surface area (Å²) in [6.45, 7) is 2.08. The summed E-state index contributed by atoms with van der Waals surface area (Å²) in [5.74, 6) is 0.805. The largest absolute Gasteiger partial charge is 0.496 e. The molecule has 1 heterocycles. The van der Waals surface area contributed by atoms with Gasteiger partial charge in [-0.15, -0.1) is 11.3 Å². The fourth-order valence-corrected chi connectivity index (χ4v) is 3.80. The second-order valence-electron chi connectivity index (χ2n) is 4.38. The Morgan fingerprint density at radius 2 is 1.90 bits per heavy atom. The van der Waals surface area contributed by atoms with Gasteiger partial charge in [0.05, 0.1) is 14.2 Å². The summed E-state index contributed by atoms with van der Waals surface area (Å²) in [5, 5.41) is 1.90. The van der Waals surface area contributed by atoms with Gasteiger partial charge < -0.3 is 9.47 Å². The van der Waals surface area contributed by atoms with E-state index in [1.807, 2.05) is 24.4 Å². The van der Waals surface area contributed by atoms with Crippen molar-refractivity contribution in [2.75, 3.05) is 14.2 Å². The maximum atomic E-state index is 12.4. The van der Waals surface area contributed by atoms with E-state index in [-0.39, 0.29) is 11.4 Å². The first kappa shape index (κ1) is 15.8. The molecular weight excluding hydrogens is 310 g/mol. The fourth-order valence-electron chi connectivity index (χ4n) is 1.89. The third kappa shape index (κ3) is 3.55. The average Bonchev–Trinajstić information content (AvgIpc) is 2.98. The molecular formula is C14H17NO4S2. The lowest BCUT2D eigenvalue weighted by Gasteiger charge is -2.13. The SMILES string of the molecule is COc1cc(S(=O)(=O)NCc2cccs2)c(OC)cc1C. The van der Waals surface area contributed by atoms with Gasteiger partial charge in [0, 0.05) is 17.5 Å². The Morgan fingerprint density at radius 3 is 2.48 bits per heavy atom. The standard InChI is InChI=1S/C14H17NO4S2/c1-10-7-13(19-3)14(8-12(10)18-2)21(16,17)15-9-11-5-4-6-20-11/h4-8,15H,9H2,1-3H3. The Labute approximate surface area is 128 Å². The topological polar surface area (TPSA) is 64.6 Å². The van der Waals surface area contributed by atoms with Crippen LogP contribution >= 0.6 is 11.3 Å². The first-order chi connectivity index (χ1) is 9.97. The van der Waals surface area contributed by atoms with E-state index in [1.165, 1.54) is 31.6 Å². The smallest absolute Gasteiger partial charge is 0.244 e. The van der Waals surface area contributed by atoms with Crippen molar-refractivity contribution < 1.29 is 17.9 Å². The van der Waals surface area contributed by atoms with E-state index < -0.39 is 10.0 Å². The first-order valence-corrected chi connectivity index (χ1v) is 8.59. The van der Waals surface area contributed by atoms with Crippen molar-refractivity contribution in [2.45, 2.75) is 18.4 Å². The molecule has 0 aliphatic rings. The fraction of sp³-hybridized carbons (Fsp3) is 0.286. The third-order valence-electron chi connectivity index (χ3n) is 2.99. The summed E-state index contributed by atoms with van der Waals surface area (Å²) in [6.07, 6.45) is 0. The highest BCUT2D eigenvalue weighted by atomic mass is 32.2. The number of benzene rings is 1. The first-order valence-electron chi connectivity index (χ1n) is 6.22. The molecule has 0 aliphatic heterocycles. The molecule has 21 heavy (non-hydrogen) atoms. The van der Waals surface area contributed by atoms with Crippen LogP contribution in [0.1, 0.15) is 10.4 Å². The number of sulfonamides is 1. The number of aryl methyl sites for hydroxylation is 1. The highest BCUT2D eigenvalue weighted by Crippen LogP contribution is 2.31. The summed E-state index contributed by atoms with van der Waals surface area (Å²) in [7, 11) is -0.729. The Balaban J connectivity index is 2.34. The Kier molecular flexibility index (Phi) is 4.87. The monoisotopic (exact) mass is 327 g/mol. The molecule has 0 bridgehead atoms. The van der Waals surface area contributed by atoms with Crippen molar-refractivity contribution in [1.82, 2.24) is 4.72 Å². The number of nitrogens with one attached hydrogen (secondary N) is 1. The number of methoxy groups -OCH3 is 2. The lowest BCUT2D eigenvalue weighted by Crippen LogP contribution is -2.23. The van der Waals surface area contributed by atoms with Crippen LogP contribution < -0.4 is 14.2 Å². The minimum absolute atomic E-state index is 0.0732. The summed E-state index contributed by atoms with van der Waals surface area (Å²) in [4.78, 5) is 1.01. The summed E-state index contributed by atoms with van der Waals surface area (Å²) < 4.78 is 37.8. The number of rotatable bonds is 6. The van der Waals surface area contributed by atoms with Crippen molar-refractivity contribution in [3.8, 4) is 11.5 Å². The average molecular weight is 327 g/mol. The molecule has 0 saturated carbocycles. The number of hydrogen-bond acceptors (Lipinski definition) is 5. The maximum Gasteiger partial charge on any atom is 0.244 e. The molecule has 0 saturated heterocycles. The highest BCUT2D eigenvalue weighted by Gasteiger charge is 2.21. The van der Waals surface area contributed by atoms with Gasteiger partial charge in [0.1, 0.15) is 16.4 Å². The summed E-state index contributed by atoms with van der Waals surface area (Å²) in [6, 6.07) is 6.88. The van der Waals surface area contributed by atoms with Gasteiger partial charge in [-0.05, 0) is 30.0 Å². The van der Waals surface area contributed by atoms with Gasteiger partial charge in [0.15, 0.2) is 0 Å². The number of hydrogen-bond donors (Lipinski definition) is 1. The molecule has 1 aromatic carbocycles. The van der Waals surface area contributed by atoms with Gasteiger partial charge in [-0.25, -0.2) is 13.1 Å². The maximum absolute atomic E-state index is 12.4. The van der Waals surface area contributed by atoms with Crippen molar-refractivity contribution >= 4 is 21.4 Å². The summed E-state index contributed by atoms with van der Waals surface area (Å²) in [5.41, 5.74) is 0.812. The molecule has 0 unspecified atom stereocenters. The van der Waals surface area contributed by atoms with Crippen LogP contribution in [0.3, 0.4) is 0 Å². The van der Waals surface area contributed by atoms with Crippen molar-refractivity contribution in [2.24, 2.45) is 0 Å². The normalized spacial score (nSPS) is 11.4. The Hall–Kier alpha value is -1.57. The highest BCUT2D eigenvalue weighted by molar-refractivity contribution is 7.89. The molecule has 7 heteroatoms. The van der Waals surface area contributed by atoms with Gasteiger partial charge in [-0.2, -0.15) is 0 Å². The second-order valence-corrected chi connectivity index (χ2v) is 7.14. The molecule has 1 N–H and O–H groups in total. The minimum atomic E-state index is -3.68. The Morgan fingerprint density at radius 1 is 1.19 bits per heavy atom. The van der Waals surface area contributed by atoms with Gasteiger partial charge in [0.2, 0.25) is 10.0 Å². The molecule has 1 aromatic heterocycles. The molecule has 2 aromatic rings. The lowest BCUT2D eigenvalue weighted by atomic mass is 10.2. The molecule has 0 aliphatic carbocycles. The van der Waals surface area contributed by atoms with Crippen LogP contribution in [0.15, 0.2) is 34.5 Å². The molecule has 0 radical (unpaired) electrons. The lowest BCUT2D eigenvalue weighted by molar-refractivity contribution is 0.390. The van der Waals surface area contributed by atoms with E-state index in [0.717, 1.165) is 10.4 Å².